The molecule has 0 aliphatic carbocycles. The molecule has 0 saturated carbocycles. The summed E-state index contributed by atoms with van der Waals surface area (Å²) < 4.78 is 5.79. The molecule has 0 spiro atoms. The standard InChI is InChI=1S/C20H19NO3/c1-13(20(23)21-2)24-17-11-15-6-3-4-9-18(15)19(12-17)14-7-5-8-16(22)10-14/h3-13,22H,1-2H3,(H,21,23). The molecule has 3 rings (SSSR count). The summed E-state index contributed by atoms with van der Waals surface area (Å²) in [5.41, 5.74) is 1.84. The largest absolute Gasteiger partial charge is 0.508 e. The molecule has 0 saturated heterocycles. The Labute approximate surface area is 140 Å². The number of fused-ring (bicyclic) bond motifs is 1. The highest BCUT2D eigenvalue weighted by Crippen LogP contribution is 2.34. The molecule has 1 amide bonds. The molecular weight excluding hydrogens is 302 g/mol. The van der Waals surface area contributed by atoms with Gasteiger partial charge in [0.15, 0.2) is 6.10 Å². The van der Waals surface area contributed by atoms with Crippen molar-refractivity contribution in [2.45, 2.75) is 13.0 Å². The molecule has 0 fully saturated rings. The number of nitrogens with one attached hydrogen (secondary N) is 1. The topological polar surface area (TPSA) is 58.6 Å². The molecule has 0 aliphatic rings. The number of amides is 1. The van der Waals surface area contributed by atoms with Gasteiger partial charge in [-0.05, 0) is 53.1 Å². The number of likely N-dealkylation sites (N-methyl/N-ethyl adjacent to an activating group) is 1. The van der Waals surface area contributed by atoms with Crippen LogP contribution in [0.5, 0.6) is 11.5 Å². The first-order valence-electron chi connectivity index (χ1n) is 7.79. The average molecular weight is 321 g/mol. The van der Waals surface area contributed by atoms with Crippen molar-refractivity contribution in [2.24, 2.45) is 0 Å². The molecule has 0 aliphatic heterocycles. The lowest BCUT2D eigenvalue weighted by Gasteiger charge is -2.16. The number of phenolic OH excluding ortho intramolecular Hbond substituents is 1. The second-order valence-electron chi connectivity index (χ2n) is 5.62. The summed E-state index contributed by atoms with van der Waals surface area (Å²) in [6, 6.07) is 18.9. The molecule has 122 valence electrons. The highest BCUT2D eigenvalue weighted by Gasteiger charge is 2.14. The molecule has 3 aromatic rings. The van der Waals surface area contributed by atoms with Crippen LogP contribution in [0.15, 0.2) is 60.7 Å². The minimum Gasteiger partial charge on any atom is -0.508 e. The SMILES string of the molecule is CNC(=O)C(C)Oc1cc(-c2cccc(O)c2)c2ccccc2c1. The summed E-state index contributed by atoms with van der Waals surface area (Å²) in [6.45, 7) is 1.71. The van der Waals surface area contributed by atoms with Crippen molar-refractivity contribution in [2.75, 3.05) is 7.05 Å². The molecule has 2 N–H and O–H groups in total. The van der Waals surface area contributed by atoms with E-state index in [2.05, 4.69) is 5.32 Å². The van der Waals surface area contributed by atoms with Crippen molar-refractivity contribution in [1.29, 1.82) is 0 Å². The van der Waals surface area contributed by atoms with Crippen LogP contribution in [-0.4, -0.2) is 24.2 Å². The van der Waals surface area contributed by atoms with Crippen LogP contribution in [0.4, 0.5) is 0 Å². The van der Waals surface area contributed by atoms with Crippen LogP contribution in [0, 0.1) is 0 Å². The Balaban J connectivity index is 2.11. The first-order valence-corrected chi connectivity index (χ1v) is 7.79. The minimum absolute atomic E-state index is 0.179. The Kier molecular flexibility index (Phi) is 4.38. The predicted octanol–water partition coefficient (Wildman–Crippen LogP) is 3.73. The van der Waals surface area contributed by atoms with Gasteiger partial charge in [-0.2, -0.15) is 0 Å². The number of hydrogen-bond donors (Lipinski definition) is 2. The number of aromatic hydroxyl groups is 1. The predicted molar refractivity (Wildman–Crippen MR) is 95.2 cm³/mol. The van der Waals surface area contributed by atoms with Crippen LogP contribution < -0.4 is 10.1 Å². The fraction of sp³-hybridized carbons (Fsp3) is 0.150. The van der Waals surface area contributed by atoms with Crippen LogP contribution in [0.2, 0.25) is 0 Å². The fourth-order valence-corrected chi connectivity index (χ4v) is 2.72. The Morgan fingerprint density at radius 1 is 1.08 bits per heavy atom. The van der Waals surface area contributed by atoms with Crippen molar-refractivity contribution < 1.29 is 14.6 Å². The van der Waals surface area contributed by atoms with E-state index in [1.54, 1.807) is 32.2 Å². The summed E-state index contributed by atoms with van der Waals surface area (Å²) in [7, 11) is 1.58. The number of carbonyl (C=O) groups excluding carboxylic acids is 1. The second kappa shape index (κ2) is 6.62. The van der Waals surface area contributed by atoms with E-state index < -0.39 is 6.10 Å². The number of ether oxygens (including phenoxy) is 1. The van der Waals surface area contributed by atoms with E-state index in [0.29, 0.717) is 5.75 Å². The van der Waals surface area contributed by atoms with E-state index in [0.717, 1.165) is 21.9 Å². The van der Waals surface area contributed by atoms with Crippen molar-refractivity contribution in [3.8, 4) is 22.6 Å². The van der Waals surface area contributed by atoms with Gasteiger partial charge in [-0.3, -0.25) is 4.79 Å². The van der Waals surface area contributed by atoms with Gasteiger partial charge in [-0.25, -0.2) is 0 Å². The molecule has 4 nitrogen and oxygen atoms in total. The van der Waals surface area contributed by atoms with Gasteiger partial charge >= 0.3 is 0 Å². The summed E-state index contributed by atoms with van der Waals surface area (Å²) in [6.07, 6.45) is -0.590. The zero-order chi connectivity index (χ0) is 17.1. The van der Waals surface area contributed by atoms with E-state index in [1.807, 2.05) is 42.5 Å². The van der Waals surface area contributed by atoms with Gasteiger partial charge in [0.1, 0.15) is 11.5 Å². The van der Waals surface area contributed by atoms with Gasteiger partial charge < -0.3 is 15.2 Å². The third-order valence-electron chi connectivity index (χ3n) is 3.92. The summed E-state index contributed by atoms with van der Waals surface area (Å²) in [5.74, 6) is 0.645. The van der Waals surface area contributed by atoms with E-state index >= 15 is 0 Å². The Hall–Kier alpha value is -3.01. The Morgan fingerprint density at radius 2 is 1.88 bits per heavy atom. The molecule has 0 bridgehead atoms. The third-order valence-corrected chi connectivity index (χ3v) is 3.92. The Bertz CT molecular complexity index is 889. The normalized spacial score (nSPS) is 11.9. The molecule has 3 aromatic carbocycles. The van der Waals surface area contributed by atoms with Crippen LogP contribution >= 0.6 is 0 Å². The van der Waals surface area contributed by atoms with Crippen molar-refractivity contribution >= 4 is 16.7 Å². The van der Waals surface area contributed by atoms with Gasteiger partial charge in [-0.15, -0.1) is 0 Å². The van der Waals surface area contributed by atoms with Gasteiger partial charge in [0.05, 0.1) is 0 Å². The highest BCUT2D eigenvalue weighted by molar-refractivity contribution is 5.98. The number of rotatable bonds is 4. The van der Waals surface area contributed by atoms with E-state index in [1.165, 1.54) is 0 Å². The third kappa shape index (κ3) is 3.18. The molecule has 0 radical (unpaired) electrons. The smallest absolute Gasteiger partial charge is 0.260 e. The number of hydrogen-bond acceptors (Lipinski definition) is 3. The molecule has 4 heteroatoms. The Morgan fingerprint density at radius 3 is 2.62 bits per heavy atom. The monoisotopic (exact) mass is 321 g/mol. The van der Waals surface area contributed by atoms with E-state index in [9.17, 15) is 9.90 Å². The molecule has 24 heavy (non-hydrogen) atoms. The van der Waals surface area contributed by atoms with Crippen LogP contribution in [0.3, 0.4) is 0 Å². The van der Waals surface area contributed by atoms with Gasteiger partial charge in [0.2, 0.25) is 0 Å². The second-order valence-corrected chi connectivity index (χ2v) is 5.62. The zero-order valence-corrected chi connectivity index (χ0v) is 13.6. The maximum Gasteiger partial charge on any atom is 0.260 e. The van der Waals surface area contributed by atoms with E-state index in [-0.39, 0.29) is 11.7 Å². The van der Waals surface area contributed by atoms with Crippen molar-refractivity contribution in [1.82, 2.24) is 5.32 Å². The molecule has 0 heterocycles. The fourth-order valence-electron chi connectivity index (χ4n) is 2.72. The van der Waals surface area contributed by atoms with Gasteiger partial charge in [-0.1, -0.05) is 36.4 Å². The zero-order valence-electron chi connectivity index (χ0n) is 13.6. The first kappa shape index (κ1) is 15.9. The van der Waals surface area contributed by atoms with Crippen molar-refractivity contribution in [3.05, 3.63) is 60.7 Å². The highest BCUT2D eigenvalue weighted by atomic mass is 16.5. The first-order chi connectivity index (χ1) is 11.6. The number of carbonyl (C=O) groups is 1. The van der Waals surface area contributed by atoms with Gasteiger partial charge in [0.25, 0.3) is 5.91 Å². The molecular formula is C20H19NO3. The quantitative estimate of drug-likeness (QED) is 0.770. The van der Waals surface area contributed by atoms with Crippen LogP contribution in [-0.2, 0) is 4.79 Å². The molecule has 0 aromatic heterocycles. The maximum absolute atomic E-state index is 11.7. The number of benzene rings is 3. The lowest BCUT2D eigenvalue weighted by atomic mass is 9.97. The van der Waals surface area contributed by atoms with Crippen LogP contribution in [0.25, 0.3) is 21.9 Å². The summed E-state index contributed by atoms with van der Waals surface area (Å²) in [5, 5.41) is 14.4. The average Bonchev–Trinajstić information content (AvgIpc) is 2.60. The lowest BCUT2D eigenvalue weighted by molar-refractivity contribution is -0.126. The lowest BCUT2D eigenvalue weighted by Crippen LogP contribution is -2.33. The number of phenols is 1. The van der Waals surface area contributed by atoms with Gasteiger partial charge in [0, 0.05) is 7.05 Å². The maximum atomic E-state index is 11.7. The van der Waals surface area contributed by atoms with Crippen molar-refractivity contribution in [3.63, 3.8) is 0 Å². The van der Waals surface area contributed by atoms with E-state index in [4.69, 9.17) is 4.74 Å². The molecule has 1 unspecified atom stereocenters. The minimum atomic E-state index is -0.590. The molecule has 1 atom stereocenters. The van der Waals surface area contributed by atoms with Crippen LogP contribution in [0.1, 0.15) is 6.92 Å². The summed E-state index contributed by atoms with van der Waals surface area (Å²) in [4.78, 5) is 11.7. The summed E-state index contributed by atoms with van der Waals surface area (Å²) >= 11 is 0.